The molecule has 0 atom stereocenters. The molecule has 0 bridgehead atoms. The summed E-state index contributed by atoms with van der Waals surface area (Å²) < 4.78 is 10.2. The van der Waals surface area contributed by atoms with Crippen molar-refractivity contribution in [1.29, 1.82) is 5.26 Å². The van der Waals surface area contributed by atoms with E-state index in [1.165, 1.54) is 13.0 Å². The van der Waals surface area contributed by atoms with Gasteiger partial charge in [0.2, 0.25) is 0 Å². The monoisotopic (exact) mass is 348 g/mol. The van der Waals surface area contributed by atoms with Gasteiger partial charge >= 0.3 is 11.6 Å². The van der Waals surface area contributed by atoms with Gasteiger partial charge in [0.25, 0.3) is 0 Å². The zero-order valence-corrected chi connectivity index (χ0v) is 14.1. The molecule has 0 radical (unpaired) electrons. The van der Waals surface area contributed by atoms with Gasteiger partial charge in [0.05, 0.1) is 6.61 Å². The van der Waals surface area contributed by atoms with Gasteiger partial charge in [0, 0.05) is 36.2 Å². The number of nitriles is 1. The summed E-state index contributed by atoms with van der Waals surface area (Å²) in [7, 11) is 0. The Balaban J connectivity index is 1.86. The van der Waals surface area contributed by atoms with Gasteiger partial charge in [-0.25, -0.2) is 4.79 Å². The summed E-state index contributed by atoms with van der Waals surface area (Å²) in [4.78, 5) is 22.6. The maximum Gasteiger partial charge on any atom is 0.354 e. The summed E-state index contributed by atoms with van der Waals surface area (Å²) in [5, 5.41) is 12.9. The van der Waals surface area contributed by atoms with Crippen molar-refractivity contribution >= 4 is 28.3 Å². The Kier molecular flexibility index (Phi) is 4.99. The number of nitrogens with zero attached hydrogens (tertiary/aromatic N) is 1. The van der Waals surface area contributed by atoms with Gasteiger partial charge in [-0.2, -0.15) is 5.26 Å². The highest BCUT2D eigenvalue weighted by atomic mass is 16.5. The van der Waals surface area contributed by atoms with Gasteiger partial charge in [-0.3, -0.25) is 4.79 Å². The summed E-state index contributed by atoms with van der Waals surface area (Å²) in [6, 6.07) is 16.3. The molecule has 1 aromatic heterocycles. The number of para-hydroxylation sites is 1. The van der Waals surface area contributed by atoms with E-state index in [4.69, 9.17) is 14.4 Å². The fourth-order valence-corrected chi connectivity index (χ4v) is 2.59. The Bertz CT molecular complexity index is 1060. The quantitative estimate of drug-likeness (QED) is 0.560. The highest BCUT2D eigenvalue weighted by Crippen LogP contribution is 2.24. The minimum atomic E-state index is -0.654. The molecule has 3 aromatic rings. The Morgan fingerprint density at radius 1 is 1.23 bits per heavy atom. The van der Waals surface area contributed by atoms with Crippen molar-refractivity contribution in [3.8, 4) is 6.07 Å². The van der Waals surface area contributed by atoms with Crippen molar-refractivity contribution in [2.75, 3.05) is 11.9 Å². The lowest BCUT2D eigenvalue weighted by Crippen LogP contribution is -2.05. The summed E-state index contributed by atoms with van der Waals surface area (Å²) in [6.45, 7) is 1.68. The number of rotatable bonds is 5. The highest BCUT2D eigenvalue weighted by molar-refractivity contribution is 5.82. The molecule has 0 aliphatic carbocycles. The second kappa shape index (κ2) is 7.53. The van der Waals surface area contributed by atoms with E-state index in [0.29, 0.717) is 24.0 Å². The SMILES string of the molecule is CC(=O)OCCc1ccccc1Nc1ccc2cc(C#N)c(=O)oc2c1. The van der Waals surface area contributed by atoms with Crippen LogP contribution in [0.4, 0.5) is 11.4 Å². The molecule has 0 unspecified atom stereocenters. The van der Waals surface area contributed by atoms with Gasteiger partial charge in [-0.1, -0.05) is 18.2 Å². The fourth-order valence-electron chi connectivity index (χ4n) is 2.59. The van der Waals surface area contributed by atoms with Crippen molar-refractivity contribution in [3.63, 3.8) is 0 Å². The molecule has 1 heterocycles. The smallest absolute Gasteiger partial charge is 0.354 e. The van der Waals surface area contributed by atoms with Crippen LogP contribution in [0.3, 0.4) is 0 Å². The van der Waals surface area contributed by atoms with Crippen LogP contribution < -0.4 is 10.9 Å². The van der Waals surface area contributed by atoms with E-state index < -0.39 is 5.63 Å². The normalized spacial score (nSPS) is 10.3. The van der Waals surface area contributed by atoms with Crippen LogP contribution >= 0.6 is 0 Å². The van der Waals surface area contributed by atoms with Crippen LogP contribution in [0.1, 0.15) is 18.1 Å². The van der Waals surface area contributed by atoms with Crippen molar-refractivity contribution in [3.05, 3.63) is 70.1 Å². The minimum Gasteiger partial charge on any atom is -0.466 e. The molecule has 0 aliphatic heterocycles. The Labute approximate surface area is 149 Å². The molecule has 2 aromatic carbocycles. The van der Waals surface area contributed by atoms with Crippen LogP contribution in [0, 0.1) is 11.3 Å². The first-order valence-corrected chi connectivity index (χ1v) is 8.03. The zero-order valence-electron chi connectivity index (χ0n) is 14.1. The second-order valence-corrected chi connectivity index (χ2v) is 5.68. The number of esters is 1. The molecule has 3 rings (SSSR count). The fraction of sp³-hybridized carbons (Fsp3) is 0.150. The minimum absolute atomic E-state index is 0.0194. The largest absolute Gasteiger partial charge is 0.466 e. The highest BCUT2D eigenvalue weighted by Gasteiger charge is 2.07. The van der Waals surface area contributed by atoms with Crippen molar-refractivity contribution in [2.24, 2.45) is 0 Å². The topological polar surface area (TPSA) is 92.3 Å². The molecular formula is C20H16N2O4. The van der Waals surface area contributed by atoms with Crippen LogP contribution in [-0.4, -0.2) is 12.6 Å². The first-order chi connectivity index (χ1) is 12.6. The third kappa shape index (κ3) is 3.90. The van der Waals surface area contributed by atoms with Crippen LogP contribution in [0.25, 0.3) is 11.0 Å². The van der Waals surface area contributed by atoms with E-state index in [2.05, 4.69) is 5.32 Å². The van der Waals surface area contributed by atoms with Gasteiger partial charge in [-0.05, 0) is 29.8 Å². The standard InChI is InChI=1S/C20H16N2O4/c1-13(23)25-9-8-14-4-2-3-5-18(14)22-17-7-6-15-10-16(12-21)20(24)26-19(15)11-17/h2-7,10-11,22H,8-9H2,1H3. The van der Waals surface area contributed by atoms with Crippen molar-refractivity contribution in [1.82, 2.24) is 0 Å². The molecule has 1 N–H and O–H groups in total. The second-order valence-electron chi connectivity index (χ2n) is 5.68. The number of hydrogen-bond donors (Lipinski definition) is 1. The number of hydrogen-bond acceptors (Lipinski definition) is 6. The van der Waals surface area contributed by atoms with E-state index in [1.54, 1.807) is 12.1 Å². The van der Waals surface area contributed by atoms with Crippen LogP contribution in [0.2, 0.25) is 0 Å². The number of nitrogens with one attached hydrogen (secondary N) is 1. The molecule has 6 nitrogen and oxygen atoms in total. The summed E-state index contributed by atoms with van der Waals surface area (Å²) >= 11 is 0. The molecule has 0 saturated heterocycles. The lowest BCUT2D eigenvalue weighted by molar-refractivity contribution is -0.140. The maximum absolute atomic E-state index is 11.7. The van der Waals surface area contributed by atoms with Crippen molar-refractivity contribution in [2.45, 2.75) is 13.3 Å². The van der Waals surface area contributed by atoms with Crippen molar-refractivity contribution < 1.29 is 13.9 Å². The van der Waals surface area contributed by atoms with Crippen LogP contribution in [-0.2, 0) is 16.0 Å². The molecule has 0 spiro atoms. The van der Waals surface area contributed by atoms with E-state index in [1.807, 2.05) is 36.4 Å². The van der Waals surface area contributed by atoms with Gasteiger partial charge in [0.1, 0.15) is 17.2 Å². The first kappa shape index (κ1) is 17.2. The Hall–Kier alpha value is -3.59. The van der Waals surface area contributed by atoms with E-state index in [0.717, 1.165) is 16.9 Å². The molecule has 130 valence electrons. The average Bonchev–Trinajstić information content (AvgIpc) is 2.62. The predicted molar refractivity (Wildman–Crippen MR) is 97.3 cm³/mol. The molecular weight excluding hydrogens is 332 g/mol. The van der Waals surface area contributed by atoms with E-state index >= 15 is 0 Å². The Morgan fingerprint density at radius 3 is 2.81 bits per heavy atom. The third-order valence-electron chi connectivity index (χ3n) is 3.83. The summed E-state index contributed by atoms with van der Waals surface area (Å²) in [6.07, 6.45) is 0.580. The number of fused-ring (bicyclic) bond motifs is 1. The summed E-state index contributed by atoms with van der Waals surface area (Å²) in [5.74, 6) is -0.309. The summed E-state index contributed by atoms with van der Waals surface area (Å²) in [5.41, 5.74) is 2.33. The molecule has 6 heteroatoms. The van der Waals surface area contributed by atoms with Crippen LogP contribution in [0.5, 0.6) is 0 Å². The van der Waals surface area contributed by atoms with Gasteiger partial charge < -0.3 is 14.5 Å². The molecule has 0 saturated carbocycles. The lowest BCUT2D eigenvalue weighted by atomic mass is 10.1. The molecule has 0 aliphatic rings. The van der Waals surface area contributed by atoms with Crippen LogP contribution in [0.15, 0.2) is 57.7 Å². The number of benzene rings is 2. The number of carbonyl (C=O) groups is 1. The number of ether oxygens (including phenoxy) is 1. The van der Waals surface area contributed by atoms with E-state index in [-0.39, 0.29) is 11.5 Å². The third-order valence-corrected chi connectivity index (χ3v) is 3.83. The molecule has 26 heavy (non-hydrogen) atoms. The maximum atomic E-state index is 11.7. The van der Waals surface area contributed by atoms with Gasteiger partial charge in [-0.15, -0.1) is 0 Å². The number of anilines is 2. The average molecular weight is 348 g/mol. The van der Waals surface area contributed by atoms with E-state index in [9.17, 15) is 9.59 Å². The first-order valence-electron chi connectivity index (χ1n) is 8.03. The Morgan fingerprint density at radius 2 is 2.04 bits per heavy atom. The lowest BCUT2D eigenvalue weighted by Gasteiger charge is -2.12. The zero-order chi connectivity index (χ0) is 18.5. The van der Waals surface area contributed by atoms with Gasteiger partial charge in [0.15, 0.2) is 0 Å². The molecule has 0 amide bonds. The predicted octanol–water partition coefficient (Wildman–Crippen LogP) is 3.51. The molecule has 0 fully saturated rings. The number of carbonyl (C=O) groups excluding carboxylic acids is 1.